The smallest absolute Gasteiger partial charge is 0.415 e. The summed E-state index contributed by atoms with van der Waals surface area (Å²) >= 11 is 0. The summed E-state index contributed by atoms with van der Waals surface area (Å²) in [6.07, 6.45) is 0.404. The van der Waals surface area contributed by atoms with E-state index in [0.29, 0.717) is 0 Å². The van der Waals surface area contributed by atoms with Gasteiger partial charge >= 0.3 is 18.0 Å². The van der Waals surface area contributed by atoms with Crippen LogP contribution in [0.25, 0.3) is 0 Å². The molecule has 2 atom stereocenters. The number of hydrogen-bond acceptors (Lipinski definition) is 6. The number of ether oxygens (including phenoxy) is 3. The quantitative estimate of drug-likeness (QED) is 0.238. The summed E-state index contributed by atoms with van der Waals surface area (Å²) in [5.74, 6) is -1.74. The normalized spacial score (nSPS) is 17.8. The number of allylic oxidation sites excluding steroid dienone is 1. The van der Waals surface area contributed by atoms with Crippen LogP contribution in [0, 0.1) is 5.41 Å². The molecule has 0 N–H and O–H groups in total. The summed E-state index contributed by atoms with van der Waals surface area (Å²) in [7, 11) is 2.34. The molecule has 0 unspecified atom stereocenters. The van der Waals surface area contributed by atoms with E-state index >= 15 is 0 Å². The van der Waals surface area contributed by atoms with Gasteiger partial charge < -0.3 is 14.2 Å². The molecule has 1 heterocycles. The molecule has 1 aliphatic heterocycles. The molecule has 1 aliphatic rings. The van der Waals surface area contributed by atoms with Gasteiger partial charge in [0.15, 0.2) is 6.10 Å². The minimum atomic E-state index is -1.95. The van der Waals surface area contributed by atoms with Crippen LogP contribution in [-0.4, -0.2) is 37.2 Å². The minimum absolute atomic E-state index is 0.0318. The van der Waals surface area contributed by atoms with Crippen LogP contribution in [0.5, 0.6) is 0 Å². The Morgan fingerprint density at radius 2 is 1.52 bits per heavy atom. The Morgan fingerprint density at radius 3 is 2.00 bits per heavy atom. The second kappa shape index (κ2) is 10.2. The highest BCUT2D eigenvalue weighted by atomic mass is 16.6. The average Bonchev–Trinajstić information content (AvgIpc) is 3.21. The molecule has 2 aromatic rings. The van der Waals surface area contributed by atoms with Crippen LogP contribution in [0.2, 0.25) is 0 Å². The van der Waals surface area contributed by atoms with E-state index in [0.717, 1.165) is 11.1 Å². The van der Waals surface area contributed by atoms with Gasteiger partial charge in [0.2, 0.25) is 5.41 Å². The van der Waals surface area contributed by atoms with Crippen molar-refractivity contribution in [3.8, 4) is 0 Å². The summed E-state index contributed by atoms with van der Waals surface area (Å²) < 4.78 is 15.8. The fourth-order valence-electron chi connectivity index (χ4n) is 4.16. The van der Waals surface area contributed by atoms with Gasteiger partial charge in [0, 0.05) is 5.70 Å². The Balaban J connectivity index is 2.18. The van der Waals surface area contributed by atoms with Crippen LogP contribution in [0.1, 0.15) is 36.1 Å². The van der Waals surface area contributed by atoms with Crippen molar-refractivity contribution in [1.29, 1.82) is 0 Å². The van der Waals surface area contributed by atoms with Crippen molar-refractivity contribution in [3.63, 3.8) is 0 Å². The van der Waals surface area contributed by atoms with Crippen LogP contribution < -0.4 is 0 Å². The van der Waals surface area contributed by atoms with Gasteiger partial charge in [0.25, 0.3) is 0 Å². The number of rotatable bonds is 9. The first-order chi connectivity index (χ1) is 15.9. The maximum atomic E-state index is 13.2. The molecule has 33 heavy (non-hydrogen) atoms. The maximum Gasteiger partial charge on any atom is 0.415 e. The molecule has 1 amide bonds. The lowest BCUT2D eigenvalue weighted by molar-refractivity contribution is -0.167. The van der Waals surface area contributed by atoms with Gasteiger partial charge in [-0.1, -0.05) is 73.3 Å². The number of carbonyl (C=O) groups excluding carboxylic acids is 3. The molecule has 0 bridgehead atoms. The highest BCUT2D eigenvalue weighted by molar-refractivity contribution is 6.04. The Bertz CT molecular complexity index is 1020. The number of hydrogen-bond donors (Lipinski definition) is 0. The van der Waals surface area contributed by atoms with Crippen molar-refractivity contribution in [2.45, 2.75) is 25.0 Å². The van der Waals surface area contributed by atoms with E-state index in [1.54, 1.807) is 6.08 Å². The highest BCUT2D eigenvalue weighted by Crippen LogP contribution is 2.49. The molecule has 2 aromatic carbocycles. The third kappa shape index (κ3) is 4.26. The van der Waals surface area contributed by atoms with E-state index in [4.69, 9.17) is 14.2 Å². The number of methoxy groups -OCH3 is 2. The van der Waals surface area contributed by atoms with Gasteiger partial charge in [-0.05, 0) is 24.0 Å². The van der Waals surface area contributed by atoms with Gasteiger partial charge in [0.1, 0.15) is 6.04 Å². The maximum absolute atomic E-state index is 13.2. The van der Waals surface area contributed by atoms with E-state index in [9.17, 15) is 14.4 Å². The predicted octanol–water partition coefficient (Wildman–Crippen LogP) is 4.73. The van der Waals surface area contributed by atoms with Gasteiger partial charge in [-0.2, -0.15) is 0 Å². The predicted molar refractivity (Wildman–Crippen MR) is 122 cm³/mol. The number of cyclic esters (lactones) is 1. The number of esters is 2. The Kier molecular flexibility index (Phi) is 7.33. The molecule has 1 saturated heterocycles. The first-order valence-corrected chi connectivity index (χ1v) is 10.5. The first-order valence-electron chi connectivity index (χ1n) is 10.5. The molecular weight excluding hydrogens is 422 g/mol. The topological polar surface area (TPSA) is 82.1 Å². The second-order valence-corrected chi connectivity index (χ2v) is 7.60. The second-order valence-electron chi connectivity index (χ2n) is 7.60. The van der Waals surface area contributed by atoms with E-state index in [1.165, 1.54) is 19.1 Å². The van der Waals surface area contributed by atoms with Gasteiger partial charge in [-0.25, -0.2) is 4.79 Å². The Morgan fingerprint density at radius 1 is 1.00 bits per heavy atom. The molecule has 0 saturated carbocycles. The molecular formula is C26H27NO6. The highest BCUT2D eigenvalue weighted by Gasteiger charge is 2.57. The van der Waals surface area contributed by atoms with Gasteiger partial charge in [-0.15, -0.1) is 6.58 Å². The molecule has 0 radical (unpaired) electrons. The monoisotopic (exact) mass is 449 g/mol. The SMILES string of the molecule is C=CCCC(C(=C)N1C(=O)O[C@@H](c2ccccc2)[C@H]1c1ccccc1)(C(=O)OC)C(=O)OC. The van der Waals surface area contributed by atoms with Gasteiger partial charge in [0.05, 0.1) is 14.2 Å². The molecule has 0 aromatic heterocycles. The summed E-state index contributed by atoms with van der Waals surface area (Å²) in [5.41, 5.74) is -0.496. The van der Waals surface area contributed by atoms with Crippen molar-refractivity contribution in [2.24, 2.45) is 5.41 Å². The Hall–Kier alpha value is -3.87. The summed E-state index contributed by atoms with van der Waals surface area (Å²) in [6, 6.07) is 17.8. The number of nitrogens with zero attached hydrogens (tertiary/aromatic N) is 1. The van der Waals surface area contributed by atoms with Crippen molar-refractivity contribution in [3.05, 3.63) is 96.7 Å². The molecule has 7 heteroatoms. The lowest BCUT2D eigenvalue weighted by Gasteiger charge is -2.36. The first kappa shape index (κ1) is 23.8. The summed E-state index contributed by atoms with van der Waals surface area (Å²) in [6.45, 7) is 7.72. The van der Waals surface area contributed by atoms with Crippen LogP contribution in [-0.2, 0) is 23.8 Å². The molecule has 3 rings (SSSR count). The molecule has 0 spiro atoms. The van der Waals surface area contributed by atoms with E-state index in [1.807, 2.05) is 60.7 Å². The number of amides is 1. The number of carbonyl (C=O) groups is 3. The zero-order valence-corrected chi connectivity index (χ0v) is 18.7. The van der Waals surface area contributed by atoms with Crippen LogP contribution >= 0.6 is 0 Å². The summed E-state index contributed by atoms with van der Waals surface area (Å²) in [4.78, 5) is 40.6. The summed E-state index contributed by atoms with van der Waals surface area (Å²) in [5, 5.41) is 0. The number of benzene rings is 2. The molecule has 7 nitrogen and oxygen atoms in total. The largest absolute Gasteiger partial charge is 0.468 e. The third-order valence-corrected chi connectivity index (χ3v) is 5.83. The van der Waals surface area contributed by atoms with Crippen LogP contribution in [0.3, 0.4) is 0 Å². The van der Waals surface area contributed by atoms with E-state index < -0.39 is 35.6 Å². The van der Waals surface area contributed by atoms with Crippen molar-refractivity contribution < 1.29 is 28.6 Å². The molecule has 1 fully saturated rings. The standard InChI is InChI=1S/C26H27NO6/c1-5-6-17-26(23(28)31-3,24(29)32-4)18(2)27-21(19-13-9-7-10-14-19)22(33-25(27)30)20-15-11-8-12-16-20/h5,7-16,21-22H,1-2,6,17H2,3-4H3/t21-,22+/m1/s1. The molecule has 172 valence electrons. The fraction of sp³-hybridized carbons (Fsp3) is 0.269. The fourth-order valence-corrected chi connectivity index (χ4v) is 4.16. The van der Waals surface area contributed by atoms with Crippen LogP contribution in [0.4, 0.5) is 4.79 Å². The van der Waals surface area contributed by atoms with E-state index in [2.05, 4.69) is 13.2 Å². The lowest BCUT2D eigenvalue weighted by atomic mass is 9.78. The minimum Gasteiger partial charge on any atom is -0.468 e. The Labute approximate surface area is 193 Å². The van der Waals surface area contributed by atoms with E-state index in [-0.39, 0.29) is 18.5 Å². The van der Waals surface area contributed by atoms with Crippen molar-refractivity contribution in [1.82, 2.24) is 4.90 Å². The zero-order valence-electron chi connectivity index (χ0n) is 18.7. The van der Waals surface area contributed by atoms with Crippen LogP contribution in [0.15, 0.2) is 85.6 Å². The van der Waals surface area contributed by atoms with Crippen molar-refractivity contribution in [2.75, 3.05) is 14.2 Å². The van der Waals surface area contributed by atoms with Gasteiger partial charge in [-0.3, -0.25) is 14.5 Å². The lowest BCUT2D eigenvalue weighted by Crippen LogP contribution is -2.48. The molecule has 0 aliphatic carbocycles. The van der Waals surface area contributed by atoms with Crippen molar-refractivity contribution >= 4 is 18.0 Å². The third-order valence-electron chi connectivity index (χ3n) is 5.83. The average molecular weight is 450 g/mol. The zero-order chi connectivity index (χ0) is 24.0.